The van der Waals surface area contributed by atoms with E-state index in [1.807, 2.05) is 37.5 Å². The summed E-state index contributed by atoms with van der Waals surface area (Å²) in [6, 6.07) is 22.1. The zero-order chi connectivity index (χ0) is 36.2. The Hall–Kier alpha value is -5.90. The number of benzene rings is 4. The third-order valence-electron chi connectivity index (χ3n) is 8.28. The molecule has 0 atom stereocenters. The molecular weight excluding hydrogens is 636 g/mol. The number of phenols is 2. The average Bonchev–Trinajstić information content (AvgIpc) is 3.13. The minimum absolute atomic E-state index is 0.0413. The number of nitrogens with zero attached hydrogens (tertiary/aromatic N) is 2. The number of hydrogen-bond acceptors (Lipinski definition) is 10. The molecule has 10 heteroatoms. The molecule has 0 spiro atoms. The summed E-state index contributed by atoms with van der Waals surface area (Å²) in [5.74, 6) is -2.89. The van der Waals surface area contributed by atoms with Crippen LogP contribution in [0.4, 0.5) is 11.4 Å². The SMILES string of the molecule is CCN(CC)c1ccc(C(=O)c2ccccc2C(=O)OCC=CCOC(=O)c2ccccc2C(=O)c2ccc(N(CC)CC)cc2O)c(O)c1. The molecule has 0 unspecified atom stereocenters. The van der Waals surface area contributed by atoms with Crippen molar-refractivity contribution in [1.82, 2.24) is 0 Å². The number of carbonyl (C=O) groups excluding carboxylic acids is 4. The fraction of sp³-hybridized carbons (Fsp3) is 0.250. The molecule has 0 radical (unpaired) electrons. The van der Waals surface area contributed by atoms with Gasteiger partial charge in [-0.15, -0.1) is 0 Å². The Labute approximate surface area is 292 Å². The van der Waals surface area contributed by atoms with E-state index in [-0.39, 0.29) is 58.1 Å². The molecule has 50 heavy (non-hydrogen) atoms. The number of hydrogen-bond donors (Lipinski definition) is 2. The van der Waals surface area contributed by atoms with Crippen molar-refractivity contribution in [2.24, 2.45) is 0 Å². The normalized spacial score (nSPS) is 10.9. The van der Waals surface area contributed by atoms with Gasteiger partial charge < -0.3 is 29.5 Å². The highest BCUT2D eigenvalue weighted by atomic mass is 16.5. The van der Waals surface area contributed by atoms with Crippen LogP contribution in [-0.4, -0.2) is 73.1 Å². The number of anilines is 2. The van der Waals surface area contributed by atoms with Gasteiger partial charge in [0.1, 0.15) is 24.7 Å². The fourth-order valence-corrected chi connectivity index (χ4v) is 5.54. The lowest BCUT2D eigenvalue weighted by Crippen LogP contribution is -2.21. The predicted octanol–water partition coefficient (Wildman–Crippen LogP) is 6.82. The summed E-state index contributed by atoms with van der Waals surface area (Å²) >= 11 is 0. The van der Waals surface area contributed by atoms with Gasteiger partial charge in [-0.2, -0.15) is 0 Å². The fourth-order valence-electron chi connectivity index (χ4n) is 5.54. The second-order valence-corrected chi connectivity index (χ2v) is 11.2. The highest BCUT2D eigenvalue weighted by Crippen LogP contribution is 2.29. The number of phenolic OH excluding ortho intramolecular Hbond substituents is 2. The second kappa shape index (κ2) is 17.5. The molecule has 0 aliphatic carbocycles. The van der Waals surface area contributed by atoms with Crippen molar-refractivity contribution >= 4 is 34.9 Å². The first-order valence-corrected chi connectivity index (χ1v) is 16.6. The third-order valence-corrected chi connectivity index (χ3v) is 8.28. The lowest BCUT2D eigenvalue weighted by atomic mass is 9.97. The average molecular weight is 679 g/mol. The predicted molar refractivity (Wildman–Crippen MR) is 193 cm³/mol. The van der Waals surface area contributed by atoms with Gasteiger partial charge in [0.25, 0.3) is 0 Å². The number of ether oxygens (including phenoxy) is 2. The van der Waals surface area contributed by atoms with Crippen molar-refractivity contribution in [1.29, 1.82) is 0 Å². The number of esters is 2. The third kappa shape index (κ3) is 8.57. The first kappa shape index (κ1) is 36.9. The summed E-state index contributed by atoms with van der Waals surface area (Å²) in [4.78, 5) is 56.7. The summed E-state index contributed by atoms with van der Waals surface area (Å²) in [5, 5.41) is 21.3. The topological polar surface area (TPSA) is 134 Å². The van der Waals surface area contributed by atoms with E-state index in [0.29, 0.717) is 0 Å². The minimum atomic E-state index is -0.740. The Bertz CT molecular complexity index is 1740. The van der Waals surface area contributed by atoms with Gasteiger partial charge in [0.2, 0.25) is 0 Å². The Kier molecular flexibility index (Phi) is 12.9. The van der Waals surface area contributed by atoms with Crippen LogP contribution in [0.3, 0.4) is 0 Å². The molecule has 2 N–H and O–H groups in total. The van der Waals surface area contributed by atoms with Crippen LogP contribution in [0.5, 0.6) is 11.5 Å². The van der Waals surface area contributed by atoms with Crippen LogP contribution in [0.15, 0.2) is 97.1 Å². The van der Waals surface area contributed by atoms with Crippen LogP contribution >= 0.6 is 0 Å². The Morgan fingerprint density at radius 3 is 1.18 bits per heavy atom. The molecular formula is C40H42N2O8. The first-order chi connectivity index (χ1) is 24.1. The molecule has 0 fully saturated rings. The molecule has 4 aromatic rings. The zero-order valence-electron chi connectivity index (χ0n) is 28.7. The summed E-state index contributed by atoms with van der Waals surface area (Å²) < 4.78 is 10.7. The summed E-state index contributed by atoms with van der Waals surface area (Å²) in [6.07, 6.45) is 2.97. The second-order valence-electron chi connectivity index (χ2n) is 11.2. The van der Waals surface area contributed by atoms with Gasteiger partial charge in [-0.1, -0.05) is 36.4 Å². The highest BCUT2D eigenvalue weighted by Gasteiger charge is 2.23. The van der Waals surface area contributed by atoms with Crippen LogP contribution in [0.1, 0.15) is 80.3 Å². The lowest BCUT2D eigenvalue weighted by molar-refractivity contribution is 0.0525. The van der Waals surface area contributed by atoms with Gasteiger partial charge in [0.15, 0.2) is 11.6 Å². The Morgan fingerprint density at radius 1 is 0.520 bits per heavy atom. The zero-order valence-corrected chi connectivity index (χ0v) is 28.7. The van der Waals surface area contributed by atoms with Gasteiger partial charge in [-0.05, 0) is 76.2 Å². The molecule has 0 bridgehead atoms. The van der Waals surface area contributed by atoms with Gasteiger partial charge in [0, 0.05) is 60.8 Å². The quantitative estimate of drug-likeness (QED) is 0.0739. The lowest BCUT2D eigenvalue weighted by Gasteiger charge is -2.21. The van der Waals surface area contributed by atoms with Crippen LogP contribution < -0.4 is 9.80 Å². The van der Waals surface area contributed by atoms with E-state index in [2.05, 4.69) is 0 Å². The van der Waals surface area contributed by atoms with Crippen LogP contribution in [0, 0.1) is 0 Å². The van der Waals surface area contributed by atoms with Crippen molar-refractivity contribution in [2.45, 2.75) is 27.7 Å². The molecule has 4 aromatic carbocycles. The van der Waals surface area contributed by atoms with E-state index in [9.17, 15) is 29.4 Å². The Balaban J connectivity index is 1.36. The summed E-state index contributed by atoms with van der Waals surface area (Å²) in [6.45, 7) is 10.6. The van der Waals surface area contributed by atoms with Crippen molar-refractivity contribution in [2.75, 3.05) is 49.2 Å². The Morgan fingerprint density at radius 2 is 0.860 bits per heavy atom. The summed E-state index contributed by atoms with van der Waals surface area (Å²) in [5.41, 5.74) is 1.95. The minimum Gasteiger partial charge on any atom is -0.507 e. The maximum Gasteiger partial charge on any atom is 0.339 e. The van der Waals surface area contributed by atoms with Gasteiger partial charge in [-0.3, -0.25) is 9.59 Å². The van der Waals surface area contributed by atoms with Gasteiger partial charge in [0.05, 0.1) is 22.3 Å². The van der Waals surface area contributed by atoms with Gasteiger partial charge >= 0.3 is 11.9 Å². The van der Waals surface area contributed by atoms with Crippen molar-refractivity contribution in [3.8, 4) is 11.5 Å². The monoisotopic (exact) mass is 678 g/mol. The number of ketones is 2. The van der Waals surface area contributed by atoms with Crippen molar-refractivity contribution < 1.29 is 38.9 Å². The molecule has 10 nitrogen and oxygen atoms in total. The summed E-state index contributed by atoms with van der Waals surface area (Å²) in [7, 11) is 0. The molecule has 0 aliphatic heterocycles. The molecule has 0 aliphatic rings. The van der Waals surface area contributed by atoms with Crippen LogP contribution in [0.2, 0.25) is 0 Å². The molecule has 0 saturated heterocycles. The van der Waals surface area contributed by atoms with Crippen molar-refractivity contribution in [3.63, 3.8) is 0 Å². The first-order valence-electron chi connectivity index (χ1n) is 16.6. The molecule has 0 heterocycles. The van der Waals surface area contributed by atoms with Gasteiger partial charge in [-0.25, -0.2) is 9.59 Å². The molecule has 260 valence electrons. The number of rotatable bonds is 16. The van der Waals surface area contributed by atoms with Crippen molar-refractivity contribution in [3.05, 3.63) is 130 Å². The van der Waals surface area contributed by atoms with E-state index in [4.69, 9.17) is 9.47 Å². The van der Waals surface area contributed by atoms with Crippen LogP contribution in [-0.2, 0) is 9.47 Å². The highest BCUT2D eigenvalue weighted by molar-refractivity contribution is 6.16. The maximum absolute atomic E-state index is 13.4. The standard InChI is InChI=1S/C40H42N2O8/c1-5-41(6-2)27-19-21-33(35(43)25-27)37(45)29-15-9-11-17-31(29)39(47)49-23-13-14-24-50-40(48)32-18-12-10-16-30(32)38(46)34-22-20-28(26-36(34)44)42(7-3)8-4/h9-22,25-26,43-44H,5-8,23-24H2,1-4H3. The largest absolute Gasteiger partial charge is 0.507 e. The van der Waals surface area contributed by atoms with E-state index < -0.39 is 23.5 Å². The molecule has 0 aromatic heterocycles. The van der Waals surface area contributed by atoms with E-state index in [1.54, 1.807) is 48.5 Å². The van der Waals surface area contributed by atoms with E-state index in [1.165, 1.54) is 48.6 Å². The molecule has 0 saturated carbocycles. The number of aromatic hydroxyl groups is 2. The molecule has 4 rings (SSSR count). The smallest absolute Gasteiger partial charge is 0.339 e. The van der Waals surface area contributed by atoms with E-state index >= 15 is 0 Å². The number of carbonyl (C=O) groups is 4. The maximum atomic E-state index is 13.4. The van der Waals surface area contributed by atoms with E-state index in [0.717, 1.165) is 37.6 Å². The molecule has 0 amide bonds. The van der Waals surface area contributed by atoms with Crippen LogP contribution in [0.25, 0.3) is 0 Å².